The number of anilines is 2. The second-order valence-corrected chi connectivity index (χ2v) is 5.50. The lowest BCUT2D eigenvalue weighted by molar-refractivity contribution is 0.0947. The third kappa shape index (κ3) is 3.78. The van der Waals surface area contributed by atoms with Gasteiger partial charge >= 0.3 is 0 Å². The number of nitrogens with one attached hydrogen (secondary N) is 2. The van der Waals surface area contributed by atoms with Gasteiger partial charge in [0.15, 0.2) is 0 Å². The van der Waals surface area contributed by atoms with E-state index in [0.29, 0.717) is 23.8 Å². The first-order chi connectivity index (χ1) is 11.6. The number of amides is 1. The van der Waals surface area contributed by atoms with Gasteiger partial charge in [0.05, 0.1) is 18.4 Å². The smallest absolute Gasteiger partial charge is 0.254 e. The zero-order valence-electron chi connectivity index (χ0n) is 13.5. The summed E-state index contributed by atoms with van der Waals surface area (Å²) >= 11 is 0. The van der Waals surface area contributed by atoms with Crippen LogP contribution in [0.1, 0.15) is 27.2 Å². The molecule has 0 spiro atoms. The third-order valence-corrected chi connectivity index (χ3v) is 3.56. The number of hydrogen-bond donors (Lipinski definition) is 2. The largest absolute Gasteiger partial charge is 0.467 e. The van der Waals surface area contributed by atoms with E-state index in [2.05, 4.69) is 20.6 Å². The first kappa shape index (κ1) is 15.7. The number of nitrogens with zero attached hydrogens (tertiary/aromatic N) is 2. The van der Waals surface area contributed by atoms with Gasteiger partial charge in [0.1, 0.15) is 5.76 Å². The molecule has 0 bridgehead atoms. The highest BCUT2D eigenvalue weighted by Crippen LogP contribution is 2.19. The molecule has 122 valence electrons. The van der Waals surface area contributed by atoms with Crippen molar-refractivity contribution in [2.45, 2.75) is 20.4 Å². The fourth-order valence-corrected chi connectivity index (χ4v) is 2.18. The maximum absolute atomic E-state index is 12.1. The average Bonchev–Trinajstić information content (AvgIpc) is 3.10. The van der Waals surface area contributed by atoms with Crippen LogP contribution in [0.25, 0.3) is 0 Å². The van der Waals surface area contributed by atoms with Crippen LogP contribution in [-0.2, 0) is 6.54 Å². The van der Waals surface area contributed by atoms with E-state index in [9.17, 15) is 4.79 Å². The molecule has 0 radical (unpaired) electrons. The Hall–Kier alpha value is -3.15. The maximum atomic E-state index is 12.1. The van der Waals surface area contributed by atoms with Crippen molar-refractivity contribution in [3.8, 4) is 0 Å². The molecule has 2 aromatic heterocycles. The van der Waals surface area contributed by atoms with Crippen molar-refractivity contribution in [3.05, 3.63) is 71.4 Å². The van der Waals surface area contributed by atoms with Gasteiger partial charge in [0, 0.05) is 18.1 Å². The lowest BCUT2D eigenvalue weighted by Crippen LogP contribution is -2.23. The molecule has 24 heavy (non-hydrogen) atoms. The van der Waals surface area contributed by atoms with Gasteiger partial charge in [-0.2, -0.15) is 0 Å². The first-order valence-electron chi connectivity index (χ1n) is 7.59. The fraction of sp³-hybridized carbons (Fsp3) is 0.167. The van der Waals surface area contributed by atoms with Gasteiger partial charge in [-0.1, -0.05) is 12.1 Å². The van der Waals surface area contributed by atoms with Gasteiger partial charge in [0.25, 0.3) is 5.91 Å². The van der Waals surface area contributed by atoms with Crippen molar-refractivity contribution in [2.24, 2.45) is 0 Å². The van der Waals surface area contributed by atoms with Gasteiger partial charge < -0.3 is 15.1 Å². The van der Waals surface area contributed by atoms with Gasteiger partial charge in [-0.25, -0.2) is 9.97 Å². The molecular formula is C18H18N4O2. The lowest BCUT2D eigenvalue weighted by atomic mass is 10.1. The number of carbonyl (C=O) groups is 1. The van der Waals surface area contributed by atoms with Gasteiger partial charge in [-0.15, -0.1) is 0 Å². The Balaban J connectivity index is 1.64. The van der Waals surface area contributed by atoms with Crippen LogP contribution in [0.15, 0.2) is 53.4 Å². The van der Waals surface area contributed by atoms with Crippen LogP contribution >= 0.6 is 0 Å². The lowest BCUT2D eigenvalue weighted by Gasteiger charge is -2.09. The van der Waals surface area contributed by atoms with Crippen LogP contribution in [-0.4, -0.2) is 15.9 Å². The van der Waals surface area contributed by atoms with E-state index < -0.39 is 0 Å². The molecule has 6 heteroatoms. The van der Waals surface area contributed by atoms with E-state index in [4.69, 9.17) is 4.42 Å². The minimum absolute atomic E-state index is 0.246. The van der Waals surface area contributed by atoms with Crippen molar-refractivity contribution in [2.75, 3.05) is 5.32 Å². The maximum Gasteiger partial charge on any atom is 0.254 e. The highest BCUT2D eigenvalue weighted by Gasteiger charge is 2.08. The molecule has 2 N–H and O–H groups in total. The summed E-state index contributed by atoms with van der Waals surface area (Å²) in [5.41, 5.74) is 3.60. The van der Waals surface area contributed by atoms with Crippen LogP contribution < -0.4 is 10.6 Å². The fourth-order valence-electron chi connectivity index (χ4n) is 2.18. The van der Waals surface area contributed by atoms with Crippen LogP contribution in [0.3, 0.4) is 0 Å². The normalized spacial score (nSPS) is 10.4. The number of hydrogen-bond acceptors (Lipinski definition) is 5. The predicted octanol–water partition coefficient (Wildman–Crippen LogP) is 3.36. The molecule has 6 nitrogen and oxygen atoms in total. The number of furan rings is 1. The van der Waals surface area contributed by atoms with Crippen molar-refractivity contribution < 1.29 is 9.21 Å². The molecule has 3 rings (SSSR count). The predicted molar refractivity (Wildman–Crippen MR) is 91.1 cm³/mol. The molecule has 1 aromatic carbocycles. The Morgan fingerprint density at radius 2 is 1.96 bits per heavy atom. The number of benzene rings is 1. The Bertz CT molecular complexity index is 827. The van der Waals surface area contributed by atoms with Crippen molar-refractivity contribution in [1.29, 1.82) is 0 Å². The summed E-state index contributed by atoms with van der Waals surface area (Å²) in [6, 6.07) is 9.69. The molecule has 0 aliphatic rings. The molecule has 0 unspecified atom stereocenters. The van der Waals surface area contributed by atoms with Gasteiger partial charge in [0.2, 0.25) is 5.95 Å². The molecule has 0 atom stereocenters. The average molecular weight is 322 g/mol. The molecule has 2 heterocycles. The summed E-state index contributed by atoms with van der Waals surface area (Å²) in [7, 11) is 0. The quantitative estimate of drug-likeness (QED) is 0.753. The van der Waals surface area contributed by atoms with Crippen molar-refractivity contribution in [1.82, 2.24) is 15.3 Å². The molecule has 1 amide bonds. The van der Waals surface area contributed by atoms with Crippen LogP contribution in [0.2, 0.25) is 0 Å². The summed E-state index contributed by atoms with van der Waals surface area (Å²) in [5, 5.41) is 5.92. The van der Waals surface area contributed by atoms with Crippen LogP contribution in [0, 0.1) is 13.8 Å². The Morgan fingerprint density at radius 1 is 1.17 bits per heavy atom. The number of aromatic nitrogens is 2. The summed E-state index contributed by atoms with van der Waals surface area (Å²) in [6.07, 6.45) is 4.56. The molecule has 0 fully saturated rings. The minimum Gasteiger partial charge on any atom is -0.467 e. The minimum atomic E-state index is -0.246. The summed E-state index contributed by atoms with van der Waals surface area (Å²) in [6.45, 7) is 4.37. The highest BCUT2D eigenvalue weighted by molar-refractivity contribution is 5.93. The third-order valence-electron chi connectivity index (χ3n) is 3.56. The van der Waals surface area contributed by atoms with Crippen LogP contribution in [0.4, 0.5) is 11.6 Å². The van der Waals surface area contributed by atoms with E-state index >= 15 is 0 Å². The number of carbonyl (C=O) groups excluding carboxylic acids is 1. The summed E-state index contributed by atoms with van der Waals surface area (Å²) in [5.74, 6) is 0.897. The van der Waals surface area contributed by atoms with E-state index in [1.165, 1.54) is 12.4 Å². The highest BCUT2D eigenvalue weighted by atomic mass is 16.3. The van der Waals surface area contributed by atoms with E-state index in [0.717, 1.165) is 16.8 Å². The molecular weight excluding hydrogens is 304 g/mol. The van der Waals surface area contributed by atoms with Gasteiger partial charge in [-0.05, 0) is 43.2 Å². The SMILES string of the molecule is Cc1ccc(C)c(Nc2ncc(C(=O)NCc3ccco3)cn2)c1. The standard InChI is InChI=1S/C18H18N4O2/c1-12-5-6-13(2)16(8-12)22-18-20-9-14(10-21-18)17(23)19-11-15-4-3-7-24-15/h3-10H,11H2,1-2H3,(H,19,23)(H,20,21,22). The molecule has 0 saturated carbocycles. The Kier molecular flexibility index (Phi) is 4.56. The zero-order chi connectivity index (χ0) is 16.9. The summed E-state index contributed by atoms with van der Waals surface area (Å²) < 4.78 is 5.17. The molecule has 0 aliphatic carbocycles. The monoisotopic (exact) mass is 322 g/mol. The van der Waals surface area contributed by atoms with Gasteiger partial charge in [-0.3, -0.25) is 4.79 Å². The first-order valence-corrected chi connectivity index (χ1v) is 7.59. The van der Waals surface area contributed by atoms with E-state index in [1.807, 2.05) is 32.0 Å². The number of rotatable bonds is 5. The topological polar surface area (TPSA) is 80.0 Å². The van der Waals surface area contributed by atoms with Crippen LogP contribution in [0.5, 0.6) is 0 Å². The van der Waals surface area contributed by atoms with E-state index in [-0.39, 0.29) is 5.91 Å². The van der Waals surface area contributed by atoms with Crippen molar-refractivity contribution >= 4 is 17.5 Å². The second-order valence-electron chi connectivity index (χ2n) is 5.50. The Morgan fingerprint density at radius 3 is 2.67 bits per heavy atom. The Labute approximate surface area is 140 Å². The summed E-state index contributed by atoms with van der Waals surface area (Å²) in [4.78, 5) is 20.5. The second kappa shape index (κ2) is 6.95. The molecule has 3 aromatic rings. The molecule has 0 saturated heterocycles. The molecule has 0 aliphatic heterocycles. The van der Waals surface area contributed by atoms with E-state index in [1.54, 1.807) is 18.4 Å². The van der Waals surface area contributed by atoms with Crippen molar-refractivity contribution in [3.63, 3.8) is 0 Å². The number of aryl methyl sites for hydroxylation is 2. The zero-order valence-corrected chi connectivity index (χ0v) is 13.5.